The SMILES string of the molecule is CN(C(N)=O)c1nc2cc(OS(=O)(=O)c3ccc(-c4ncc[nH]4)cc3)ccc2[nH]1. The Morgan fingerprint density at radius 3 is 2.59 bits per heavy atom. The van der Waals surface area contributed by atoms with E-state index in [1.807, 2.05) is 0 Å². The van der Waals surface area contributed by atoms with Crippen molar-refractivity contribution < 1.29 is 17.4 Å². The number of rotatable bonds is 5. The average Bonchev–Trinajstić information content (AvgIpc) is 3.36. The van der Waals surface area contributed by atoms with E-state index in [2.05, 4.69) is 19.9 Å². The van der Waals surface area contributed by atoms with Gasteiger partial charge in [0.25, 0.3) is 0 Å². The second kappa shape index (κ2) is 6.95. The van der Waals surface area contributed by atoms with Gasteiger partial charge in [-0.15, -0.1) is 0 Å². The van der Waals surface area contributed by atoms with Crippen molar-refractivity contribution in [1.82, 2.24) is 19.9 Å². The second-order valence-corrected chi connectivity index (χ2v) is 7.68. The van der Waals surface area contributed by atoms with E-state index in [1.165, 1.54) is 31.3 Å². The summed E-state index contributed by atoms with van der Waals surface area (Å²) in [4.78, 5) is 26.6. The van der Waals surface area contributed by atoms with Crippen molar-refractivity contribution in [2.75, 3.05) is 11.9 Å². The molecule has 2 aromatic carbocycles. The van der Waals surface area contributed by atoms with Gasteiger partial charge < -0.3 is 19.9 Å². The fourth-order valence-corrected chi connectivity index (χ4v) is 3.59. The lowest BCUT2D eigenvalue weighted by atomic mass is 10.2. The fraction of sp³-hybridized carbons (Fsp3) is 0.0556. The second-order valence-electron chi connectivity index (χ2n) is 6.14. The van der Waals surface area contributed by atoms with Crippen molar-refractivity contribution in [1.29, 1.82) is 0 Å². The molecule has 0 aliphatic carbocycles. The molecule has 148 valence electrons. The predicted molar refractivity (Wildman–Crippen MR) is 106 cm³/mol. The first-order chi connectivity index (χ1) is 13.8. The van der Waals surface area contributed by atoms with E-state index in [0.717, 1.165) is 10.5 Å². The zero-order valence-corrected chi connectivity index (χ0v) is 16.0. The number of urea groups is 1. The van der Waals surface area contributed by atoms with Crippen molar-refractivity contribution in [2.45, 2.75) is 4.90 Å². The van der Waals surface area contributed by atoms with Crippen LogP contribution in [0.4, 0.5) is 10.7 Å². The van der Waals surface area contributed by atoms with Crippen LogP contribution in [0.15, 0.2) is 59.8 Å². The number of amides is 2. The molecule has 0 aliphatic rings. The van der Waals surface area contributed by atoms with Crippen molar-refractivity contribution in [3.8, 4) is 17.1 Å². The highest BCUT2D eigenvalue weighted by atomic mass is 32.2. The molecule has 0 aliphatic heterocycles. The van der Waals surface area contributed by atoms with Gasteiger partial charge in [-0.1, -0.05) is 0 Å². The Hall–Kier alpha value is -3.86. The highest BCUT2D eigenvalue weighted by molar-refractivity contribution is 7.87. The van der Waals surface area contributed by atoms with Gasteiger partial charge in [0, 0.05) is 31.1 Å². The third kappa shape index (κ3) is 3.62. The van der Waals surface area contributed by atoms with Gasteiger partial charge in [0.2, 0.25) is 5.95 Å². The van der Waals surface area contributed by atoms with Crippen LogP contribution in [0, 0.1) is 0 Å². The van der Waals surface area contributed by atoms with Crippen LogP contribution in [-0.4, -0.2) is 41.4 Å². The molecule has 0 atom stereocenters. The number of carbonyl (C=O) groups is 1. The maximum atomic E-state index is 12.6. The molecule has 4 rings (SSSR count). The molecule has 2 aromatic heterocycles. The minimum Gasteiger partial charge on any atom is -0.379 e. The Kier molecular flexibility index (Phi) is 4.43. The third-order valence-electron chi connectivity index (χ3n) is 4.21. The van der Waals surface area contributed by atoms with Gasteiger partial charge in [-0.2, -0.15) is 8.42 Å². The normalized spacial score (nSPS) is 11.5. The van der Waals surface area contributed by atoms with Gasteiger partial charge in [0.15, 0.2) is 0 Å². The van der Waals surface area contributed by atoms with E-state index < -0.39 is 16.1 Å². The summed E-state index contributed by atoms with van der Waals surface area (Å²) in [5, 5.41) is 0. The number of nitrogens with zero attached hydrogens (tertiary/aromatic N) is 3. The number of fused-ring (bicyclic) bond motifs is 1. The monoisotopic (exact) mass is 412 g/mol. The first-order valence-electron chi connectivity index (χ1n) is 8.41. The number of nitrogens with two attached hydrogens (primary N) is 1. The van der Waals surface area contributed by atoms with Crippen molar-refractivity contribution in [2.24, 2.45) is 5.73 Å². The van der Waals surface area contributed by atoms with Crippen molar-refractivity contribution >= 4 is 33.1 Å². The molecular weight excluding hydrogens is 396 g/mol. The molecule has 0 bridgehead atoms. The minimum absolute atomic E-state index is 0.00378. The number of carbonyl (C=O) groups excluding carboxylic acids is 1. The smallest absolute Gasteiger partial charge is 0.339 e. The number of nitrogens with one attached hydrogen (secondary N) is 2. The number of hydrogen-bond acceptors (Lipinski definition) is 6. The predicted octanol–water partition coefficient (Wildman–Crippen LogP) is 2.24. The number of H-pyrrole nitrogens is 2. The first kappa shape index (κ1) is 18.5. The Labute approximate surface area is 165 Å². The number of imidazole rings is 2. The largest absolute Gasteiger partial charge is 0.379 e. The van der Waals surface area contributed by atoms with Crippen molar-refractivity contribution in [3.63, 3.8) is 0 Å². The quantitative estimate of drug-likeness (QED) is 0.428. The summed E-state index contributed by atoms with van der Waals surface area (Å²) in [6.45, 7) is 0. The maximum absolute atomic E-state index is 12.6. The molecule has 0 spiro atoms. The highest BCUT2D eigenvalue weighted by Gasteiger charge is 2.18. The lowest BCUT2D eigenvalue weighted by Gasteiger charge is -2.08. The summed E-state index contributed by atoms with van der Waals surface area (Å²) in [6, 6.07) is 10.0. The van der Waals surface area contributed by atoms with Crippen LogP contribution >= 0.6 is 0 Å². The number of anilines is 1. The van der Waals surface area contributed by atoms with Crippen LogP contribution in [-0.2, 0) is 10.1 Å². The van der Waals surface area contributed by atoms with E-state index in [-0.39, 0.29) is 16.6 Å². The zero-order chi connectivity index (χ0) is 20.6. The third-order valence-corrected chi connectivity index (χ3v) is 5.47. The van der Waals surface area contributed by atoms with Gasteiger partial charge >= 0.3 is 16.1 Å². The molecule has 4 N–H and O–H groups in total. The molecule has 4 aromatic rings. The Balaban J connectivity index is 1.58. The van der Waals surface area contributed by atoms with Crippen LogP contribution in [0.2, 0.25) is 0 Å². The molecule has 0 radical (unpaired) electrons. The number of primary amides is 1. The number of benzene rings is 2. The molecule has 2 amide bonds. The summed E-state index contributed by atoms with van der Waals surface area (Å²) in [5.41, 5.74) is 7.00. The summed E-state index contributed by atoms with van der Waals surface area (Å²) in [7, 11) is -2.58. The Bertz CT molecular complexity index is 1280. The van der Waals surface area contributed by atoms with Crippen LogP contribution in [0.25, 0.3) is 22.4 Å². The number of aromatic nitrogens is 4. The standard InChI is InChI=1S/C18H16N6O4S/c1-24(17(19)25)18-22-14-7-4-12(10-15(14)23-18)28-29(26,27)13-5-2-11(3-6-13)16-20-8-9-21-16/h2-10H,1H3,(H2,19,25)(H,20,21)(H,22,23). The van der Waals surface area contributed by atoms with Crippen molar-refractivity contribution in [3.05, 3.63) is 54.9 Å². The molecule has 0 fully saturated rings. The van der Waals surface area contributed by atoms with E-state index >= 15 is 0 Å². The van der Waals surface area contributed by atoms with E-state index in [4.69, 9.17) is 9.92 Å². The summed E-state index contributed by atoms with van der Waals surface area (Å²) in [5.74, 6) is 0.962. The molecular formula is C18H16N6O4S. The topological polar surface area (TPSA) is 147 Å². The molecule has 11 heteroatoms. The summed E-state index contributed by atoms with van der Waals surface area (Å²) in [6.07, 6.45) is 3.29. The highest BCUT2D eigenvalue weighted by Crippen LogP contribution is 2.25. The van der Waals surface area contributed by atoms with Gasteiger partial charge in [0.05, 0.1) is 11.0 Å². The lowest BCUT2D eigenvalue weighted by molar-refractivity contribution is 0.255. The lowest BCUT2D eigenvalue weighted by Crippen LogP contribution is -2.32. The molecule has 0 unspecified atom stereocenters. The molecule has 10 nitrogen and oxygen atoms in total. The van der Waals surface area contributed by atoms with Crippen LogP contribution in [0.5, 0.6) is 5.75 Å². The Morgan fingerprint density at radius 2 is 1.93 bits per heavy atom. The van der Waals surface area contributed by atoms with Gasteiger partial charge in [-0.3, -0.25) is 4.90 Å². The number of aromatic amines is 2. The molecule has 0 saturated heterocycles. The van der Waals surface area contributed by atoms with E-state index in [0.29, 0.717) is 16.9 Å². The van der Waals surface area contributed by atoms with Crippen LogP contribution in [0.1, 0.15) is 0 Å². The van der Waals surface area contributed by atoms with E-state index in [1.54, 1.807) is 30.6 Å². The summed E-state index contributed by atoms with van der Waals surface area (Å²) < 4.78 is 30.4. The molecule has 29 heavy (non-hydrogen) atoms. The first-order valence-corrected chi connectivity index (χ1v) is 9.81. The number of hydrogen-bond donors (Lipinski definition) is 3. The van der Waals surface area contributed by atoms with Gasteiger partial charge in [-0.25, -0.2) is 14.8 Å². The molecule has 2 heterocycles. The Morgan fingerprint density at radius 1 is 1.17 bits per heavy atom. The zero-order valence-electron chi connectivity index (χ0n) is 15.2. The van der Waals surface area contributed by atoms with E-state index in [9.17, 15) is 13.2 Å². The van der Waals surface area contributed by atoms with Crippen LogP contribution in [0.3, 0.4) is 0 Å². The van der Waals surface area contributed by atoms with Gasteiger partial charge in [0.1, 0.15) is 16.5 Å². The minimum atomic E-state index is -4.04. The fourth-order valence-electron chi connectivity index (χ4n) is 2.66. The maximum Gasteiger partial charge on any atom is 0.339 e. The molecule has 0 saturated carbocycles. The van der Waals surface area contributed by atoms with Crippen LogP contribution < -0.4 is 14.8 Å². The summed E-state index contributed by atoms with van der Waals surface area (Å²) >= 11 is 0. The average molecular weight is 412 g/mol. The van der Waals surface area contributed by atoms with Gasteiger partial charge in [-0.05, 0) is 36.4 Å².